The molecule has 1 heterocycles. The van der Waals surface area contributed by atoms with E-state index in [1.54, 1.807) is 72.8 Å². The quantitative estimate of drug-likeness (QED) is 0.553. The van der Waals surface area contributed by atoms with Crippen molar-refractivity contribution in [2.45, 2.75) is 19.4 Å². The summed E-state index contributed by atoms with van der Waals surface area (Å²) in [6.45, 7) is 2.29. The molecule has 0 aliphatic carbocycles. The van der Waals surface area contributed by atoms with Gasteiger partial charge in [-0.25, -0.2) is 0 Å². The van der Waals surface area contributed by atoms with Gasteiger partial charge in [-0.2, -0.15) is 0 Å². The number of hydrogen-bond acceptors (Lipinski definition) is 4. The van der Waals surface area contributed by atoms with Crippen molar-refractivity contribution in [2.24, 2.45) is 0 Å². The van der Waals surface area contributed by atoms with E-state index in [1.165, 1.54) is 4.90 Å². The third-order valence-corrected chi connectivity index (χ3v) is 5.44. The Bertz CT molecular complexity index is 1200. The average molecular weight is 464 g/mol. The molecular formula is C25H22ClN3O4. The first kappa shape index (κ1) is 22.4. The fourth-order valence-electron chi connectivity index (χ4n) is 3.69. The van der Waals surface area contributed by atoms with E-state index in [-0.39, 0.29) is 6.42 Å². The zero-order valence-corrected chi connectivity index (χ0v) is 18.6. The molecule has 0 aromatic heterocycles. The van der Waals surface area contributed by atoms with E-state index in [1.807, 2.05) is 6.92 Å². The lowest BCUT2D eigenvalue weighted by Gasteiger charge is -2.36. The number of carbonyl (C=O) groups excluding carboxylic acids is 3. The Morgan fingerprint density at radius 1 is 1.03 bits per heavy atom. The van der Waals surface area contributed by atoms with Crippen molar-refractivity contribution in [3.8, 4) is 5.75 Å². The fraction of sp³-hybridized carbons (Fsp3) is 0.160. The summed E-state index contributed by atoms with van der Waals surface area (Å²) >= 11 is 5.96. The Kier molecular flexibility index (Phi) is 6.60. The molecule has 2 N–H and O–H groups in total. The van der Waals surface area contributed by atoms with Crippen molar-refractivity contribution in [3.05, 3.63) is 83.4 Å². The summed E-state index contributed by atoms with van der Waals surface area (Å²) in [5.74, 6) is -0.734. The molecule has 0 spiro atoms. The van der Waals surface area contributed by atoms with Gasteiger partial charge in [-0.15, -0.1) is 0 Å². The largest absolute Gasteiger partial charge is 0.492 e. The highest BCUT2D eigenvalue weighted by atomic mass is 35.5. The first-order valence-electron chi connectivity index (χ1n) is 10.5. The lowest BCUT2D eigenvalue weighted by molar-refractivity contribution is -0.122. The van der Waals surface area contributed by atoms with Gasteiger partial charge in [0.2, 0.25) is 11.8 Å². The van der Waals surface area contributed by atoms with Crippen molar-refractivity contribution < 1.29 is 19.1 Å². The van der Waals surface area contributed by atoms with Gasteiger partial charge in [-0.3, -0.25) is 19.3 Å². The zero-order valence-electron chi connectivity index (χ0n) is 17.9. The molecule has 1 atom stereocenters. The molecule has 1 aliphatic heterocycles. The minimum absolute atomic E-state index is 0.236. The van der Waals surface area contributed by atoms with Gasteiger partial charge in [0, 0.05) is 10.6 Å². The standard InChI is InChI=1S/C25H22ClN3O4/c1-2-33-22-10-6-4-8-19(22)27-23(30)15-21-24(31)28-18-7-3-5-9-20(18)29(21)25(32)16-11-13-17(26)14-12-16/h3-14,21H,2,15H2,1H3,(H,27,30)(H,28,31)/t21-/m1/s1. The second-order valence-electron chi connectivity index (χ2n) is 7.39. The SMILES string of the molecule is CCOc1ccccc1NC(=O)C[C@@H]1C(=O)Nc2ccccc2N1C(=O)c1ccc(Cl)cc1. The molecule has 168 valence electrons. The summed E-state index contributed by atoms with van der Waals surface area (Å²) in [5, 5.41) is 6.09. The first-order chi connectivity index (χ1) is 16.0. The second kappa shape index (κ2) is 9.75. The third-order valence-electron chi connectivity index (χ3n) is 5.19. The van der Waals surface area contributed by atoms with Crippen LogP contribution in [-0.4, -0.2) is 30.4 Å². The number of nitrogens with zero attached hydrogens (tertiary/aromatic N) is 1. The third kappa shape index (κ3) is 4.83. The number of nitrogens with one attached hydrogen (secondary N) is 2. The molecule has 0 radical (unpaired) electrons. The smallest absolute Gasteiger partial charge is 0.259 e. The maximum atomic E-state index is 13.5. The van der Waals surface area contributed by atoms with E-state index in [2.05, 4.69) is 10.6 Å². The molecule has 8 heteroatoms. The van der Waals surface area contributed by atoms with Crippen LogP contribution < -0.4 is 20.3 Å². The van der Waals surface area contributed by atoms with E-state index in [4.69, 9.17) is 16.3 Å². The van der Waals surface area contributed by atoms with Gasteiger partial charge in [-0.05, 0) is 55.5 Å². The number of para-hydroxylation sites is 4. The topological polar surface area (TPSA) is 87.7 Å². The highest BCUT2D eigenvalue weighted by molar-refractivity contribution is 6.30. The second-order valence-corrected chi connectivity index (χ2v) is 7.82. The maximum Gasteiger partial charge on any atom is 0.259 e. The first-order valence-corrected chi connectivity index (χ1v) is 10.9. The summed E-state index contributed by atoms with van der Waals surface area (Å²) in [5.41, 5.74) is 1.88. The zero-order chi connectivity index (χ0) is 23.4. The molecule has 0 saturated carbocycles. The van der Waals surface area contributed by atoms with Gasteiger partial charge in [0.15, 0.2) is 0 Å². The van der Waals surface area contributed by atoms with Crippen molar-refractivity contribution in [1.29, 1.82) is 0 Å². The Morgan fingerprint density at radius 2 is 1.73 bits per heavy atom. The van der Waals surface area contributed by atoms with Crippen LogP contribution in [0.1, 0.15) is 23.7 Å². The number of ether oxygens (including phenoxy) is 1. The van der Waals surface area contributed by atoms with Crippen molar-refractivity contribution >= 4 is 46.4 Å². The number of benzene rings is 3. The molecular weight excluding hydrogens is 442 g/mol. The van der Waals surface area contributed by atoms with E-state index in [9.17, 15) is 14.4 Å². The van der Waals surface area contributed by atoms with Crippen molar-refractivity contribution in [3.63, 3.8) is 0 Å². The van der Waals surface area contributed by atoms with E-state index in [0.717, 1.165) is 0 Å². The minimum atomic E-state index is -1.04. The minimum Gasteiger partial charge on any atom is -0.492 e. The molecule has 3 aromatic rings. The summed E-state index contributed by atoms with van der Waals surface area (Å²) < 4.78 is 5.55. The monoisotopic (exact) mass is 463 g/mol. The summed E-state index contributed by atoms with van der Waals surface area (Å²) in [7, 11) is 0. The summed E-state index contributed by atoms with van der Waals surface area (Å²) in [6.07, 6.45) is -0.236. The number of halogens is 1. The predicted molar refractivity (Wildman–Crippen MR) is 128 cm³/mol. The van der Waals surface area contributed by atoms with Crippen LogP contribution in [0.3, 0.4) is 0 Å². The Morgan fingerprint density at radius 3 is 2.48 bits per heavy atom. The predicted octanol–water partition coefficient (Wildman–Crippen LogP) is 4.74. The molecule has 7 nitrogen and oxygen atoms in total. The van der Waals surface area contributed by atoms with Gasteiger partial charge in [-0.1, -0.05) is 35.9 Å². The molecule has 0 saturated heterocycles. The van der Waals surface area contributed by atoms with E-state index >= 15 is 0 Å². The molecule has 33 heavy (non-hydrogen) atoms. The number of carbonyl (C=O) groups is 3. The van der Waals surface area contributed by atoms with Crippen LogP contribution in [0.2, 0.25) is 5.02 Å². The number of rotatable bonds is 6. The lowest BCUT2D eigenvalue weighted by atomic mass is 10.0. The number of hydrogen-bond donors (Lipinski definition) is 2. The molecule has 0 bridgehead atoms. The van der Waals surface area contributed by atoms with Crippen LogP contribution in [0, 0.1) is 0 Å². The summed E-state index contributed by atoms with van der Waals surface area (Å²) in [6, 6.07) is 19.4. The average Bonchev–Trinajstić information content (AvgIpc) is 2.81. The summed E-state index contributed by atoms with van der Waals surface area (Å²) in [4.78, 5) is 40.8. The molecule has 4 rings (SSSR count). The Balaban J connectivity index is 1.64. The normalized spacial score (nSPS) is 14.8. The molecule has 3 amide bonds. The molecule has 0 unspecified atom stereocenters. The molecule has 1 aliphatic rings. The Labute approximate surface area is 196 Å². The van der Waals surface area contributed by atoms with Crippen LogP contribution >= 0.6 is 11.6 Å². The number of anilines is 3. The highest BCUT2D eigenvalue weighted by Crippen LogP contribution is 2.34. The molecule has 3 aromatic carbocycles. The Hall–Kier alpha value is -3.84. The van der Waals surface area contributed by atoms with Gasteiger partial charge < -0.3 is 15.4 Å². The van der Waals surface area contributed by atoms with Crippen LogP contribution in [0.5, 0.6) is 5.75 Å². The fourth-order valence-corrected chi connectivity index (χ4v) is 3.81. The van der Waals surface area contributed by atoms with E-state index in [0.29, 0.717) is 40.0 Å². The van der Waals surface area contributed by atoms with Gasteiger partial charge in [0.25, 0.3) is 5.91 Å². The van der Waals surface area contributed by atoms with Gasteiger partial charge in [0.05, 0.1) is 30.1 Å². The van der Waals surface area contributed by atoms with Gasteiger partial charge >= 0.3 is 0 Å². The van der Waals surface area contributed by atoms with Crippen molar-refractivity contribution in [1.82, 2.24) is 0 Å². The van der Waals surface area contributed by atoms with Gasteiger partial charge in [0.1, 0.15) is 11.8 Å². The maximum absolute atomic E-state index is 13.5. The van der Waals surface area contributed by atoms with Crippen LogP contribution in [-0.2, 0) is 9.59 Å². The van der Waals surface area contributed by atoms with Crippen molar-refractivity contribution in [2.75, 3.05) is 22.1 Å². The van der Waals surface area contributed by atoms with E-state index < -0.39 is 23.8 Å². The molecule has 0 fully saturated rings. The van der Waals surface area contributed by atoms with Crippen LogP contribution in [0.25, 0.3) is 0 Å². The van der Waals surface area contributed by atoms with Crippen LogP contribution in [0.4, 0.5) is 17.1 Å². The number of fused-ring (bicyclic) bond motifs is 1. The lowest BCUT2D eigenvalue weighted by Crippen LogP contribution is -2.52. The number of amides is 3. The van der Waals surface area contributed by atoms with Crippen LogP contribution in [0.15, 0.2) is 72.8 Å². The highest BCUT2D eigenvalue weighted by Gasteiger charge is 2.38.